The van der Waals surface area contributed by atoms with E-state index in [4.69, 9.17) is 4.74 Å². The van der Waals surface area contributed by atoms with E-state index in [9.17, 15) is 4.79 Å². The quantitative estimate of drug-likeness (QED) is 0.513. The highest BCUT2D eigenvalue weighted by atomic mass is 16.6. The van der Waals surface area contributed by atoms with Gasteiger partial charge in [0.2, 0.25) is 0 Å². The molecule has 1 saturated carbocycles. The molecular formula is C13H18O2. The zero-order valence-corrected chi connectivity index (χ0v) is 9.24. The second kappa shape index (κ2) is 3.51. The summed E-state index contributed by atoms with van der Waals surface area (Å²) in [4.78, 5) is 11.6. The molecule has 2 heteroatoms. The molecule has 1 aliphatic carbocycles. The van der Waals surface area contributed by atoms with E-state index in [1.54, 1.807) is 0 Å². The van der Waals surface area contributed by atoms with Crippen molar-refractivity contribution in [3.8, 4) is 0 Å². The lowest BCUT2D eigenvalue weighted by atomic mass is 9.79. The van der Waals surface area contributed by atoms with Gasteiger partial charge in [-0.15, -0.1) is 13.2 Å². The topological polar surface area (TPSA) is 26.3 Å². The molecule has 0 aromatic rings. The Morgan fingerprint density at radius 3 is 2.20 bits per heavy atom. The van der Waals surface area contributed by atoms with Crippen LogP contribution in [0.2, 0.25) is 0 Å². The van der Waals surface area contributed by atoms with Crippen LogP contribution < -0.4 is 0 Å². The number of rotatable bonds is 2. The minimum absolute atomic E-state index is 0.0213. The lowest BCUT2D eigenvalue weighted by Gasteiger charge is -2.32. The van der Waals surface area contributed by atoms with E-state index in [-0.39, 0.29) is 17.5 Å². The van der Waals surface area contributed by atoms with Crippen LogP contribution in [0.15, 0.2) is 25.3 Å². The minimum atomic E-state index is -0.319. The summed E-state index contributed by atoms with van der Waals surface area (Å²) in [5.41, 5.74) is -0.319. The van der Waals surface area contributed by atoms with Crippen LogP contribution in [0.5, 0.6) is 0 Å². The lowest BCUT2D eigenvalue weighted by molar-refractivity contribution is -0.153. The molecule has 0 amide bonds. The molecule has 2 fully saturated rings. The maximum absolute atomic E-state index is 11.6. The summed E-state index contributed by atoms with van der Waals surface area (Å²) in [7, 11) is 0. The Labute approximate surface area is 91.0 Å². The highest BCUT2D eigenvalue weighted by molar-refractivity contribution is 5.75. The Hall–Kier alpha value is -1.05. The summed E-state index contributed by atoms with van der Waals surface area (Å²) < 4.78 is 5.65. The first-order chi connectivity index (χ1) is 7.14. The third kappa shape index (κ3) is 1.35. The smallest absolute Gasteiger partial charge is 0.309 e. The number of hydrogen-bond donors (Lipinski definition) is 0. The molecule has 2 rings (SSSR count). The lowest BCUT2D eigenvalue weighted by Crippen LogP contribution is -2.38. The summed E-state index contributed by atoms with van der Waals surface area (Å²) in [5.74, 6) is 0.562. The van der Waals surface area contributed by atoms with E-state index in [1.807, 2.05) is 19.1 Å². The first-order valence-electron chi connectivity index (χ1n) is 5.62. The van der Waals surface area contributed by atoms with Crippen molar-refractivity contribution in [2.24, 2.45) is 17.8 Å². The molecule has 15 heavy (non-hydrogen) atoms. The van der Waals surface area contributed by atoms with Gasteiger partial charge in [-0.2, -0.15) is 0 Å². The molecule has 1 aliphatic heterocycles. The van der Waals surface area contributed by atoms with Crippen LogP contribution in [0.25, 0.3) is 0 Å². The fourth-order valence-electron chi connectivity index (χ4n) is 3.10. The zero-order valence-electron chi connectivity index (χ0n) is 9.24. The van der Waals surface area contributed by atoms with Crippen LogP contribution in [-0.2, 0) is 9.53 Å². The Morgan fingerprint density at radius 1 is 1.33 bits per heavy atom. The van der Waals surface area contributed by atoms with Crippen molar-refractivity contribution in [3.63, 3.8) is 0 Å². The van der Waals surface area contributed by atoms with Gasteiger partial charge in [0, 0.05) is 18.3 Å². The third-order valence-electron chi connectivity index (χ3n) is 3.93. The molecule has 0 N–H and O–H groups in total. The van der Waals surface area contributed by atoms with E-state index in [1.165, 1.54) is 0 Å². The van der Waals surface area contributed by atoms with Crippen LogP contribution in [0.4, 0.5) is 0 Å². The summed E-state index contributed by atoms with van der Waals surface area (Å²) in [6.45, 7) is 9.65. The molecule has 82 valence electrons. The monoisotopic (exact) mass is 206 g/mol. The van der Waals surface area contributed by atoms with Gasteiger partial charge in [-0.3, -0.25) is 4.79 Å². The highest BCUT2D eigenvalue weighted by Crippen LogP contribution is 2.51. The standard InChI is InChI=1S/C13H18O2/c1-4-10-6-7-11(5-2)13(10)8-9(3)12(14)15-13/h4-5,9-11H,1-2,6-8H2,3H3/t9-,10+,11+/m0/s1. The zero-order chi connectivity index (χ0) is 11.1. The van der Waals surface area contributed by atoms with Crippen molar-refractivity contribution in [2.75, 3.05) is 0 Å². The Balaban J connectivity index is 2.33. The molecule has 2 nitrogen and oxygen atoms in total. The van der Waals surface area contributed by atoms with Crippen molar-refractivity contribution >= 4 is 5.97 Å². The van der Waals surface area contributed by atoms with Gasteiger partial charge in [-0.1, -0.05) is 19.1 Å². The van der Waals surface area contributed by atoms with Gasteiger partial charge in [-0.05, 0) is 12.8 Å². The van der Waals surface area contributed by atoms with Gasteiger partial charge < -0.3 is 4.74 Å². The Bertz CT molecular complexity index is 290. The summed E-state index contributed by atoms with van der Waals surface area (Å²) in [6, 6.07) is 0. The fraction of sp³-hybridized carbons (Fsp3) is 0.615. The molecule has 3 atom stereocenters. The average Bonchev–Trinajstić information content (AvgIpc) is 2.69. The Kier molecular flexibility index (Phi) is 2.45. The van der Waals surface area contributed by atoms with Gasteiger partial charge in [0.15, 0.2) is 0 Å². The molecule has 0 aromatic carbocycles. The molecule has 1 saturated heterocycles. The van der Waals surface area contributed by atoms with Crippen LogP contribution in [0.1, 0.15) is 26.2 Å². The second-order valence-electron chi connectivity index (χ2n) is 4.74. The number of carbonyl (C=O) groups excluding carboxylic acids is 1. The summed E-state index contributed by atoms with van der Waals surface area (Å²) in [6.07, 6.45) is 6.81. The van der Waals surface area contributed by atoms with Crippen LogP contribution in [0.3, 0.4) is 0 Å². The minimum Gasteiger partial charge on any atom is -0.458 e. The van der Waals surface area contributed by atoms with E-state index in [0.717, 1.165) is 19.3 Å². The maximum Gasteiger partial charge on any atom is 0.309 e. The summed E-state index contributed by atoms with van der Waals surface area (Å²) >= 11 is 0. The SMILES string of the molecule is C=C[C@@H]1CC[C@@H](C=C)C12C[C@H](C)C(=O)O2. The number of ether oxygens (including phenoxy) is 1. The second-order valence-corrected chi connectivity index (χ2v) is 4.74. The normalized spacial score (nSPS) is 37.9. The van der Waals surface area contributed by atoms with Crippen molar-refractivity contribution < 1.29 is 9.53 Å². The molecule has 0 unspecified atom stereocenters. The van der Waals surface area contributed by atoms with Crippen molar-refractivity contribution in [3.05, 3.63) is 25.3 Å². The van der Waals surface area contributed by atoms with Crippen molar-refractivity contribution in [1.29, 1.82) is 0 Å². The van der Waals surface area contributed by atoms with Gasteiger partial charge >= 0.3 is 5.97 Å². The largest absolute Gasteiger partial charge is 0.458 e. The first kappa shape index (κ1) is 10.5. The van der Waals surface area contributed by atoms with Gasteiger partial charge in [0.25, 0.3) is 0 Å². The molecule has 1 heterocycles. The van der Waals surface area contributed by atoms with Gasteiger partial charge in [0.05, 0.1) is 5.92 Å². The van der Waals surface area contributed by atoms with Gasteiger partial charge in [0.1, 0.15) is 5.60 Å². The number of carbonyl (C=O) groups is 1. The van der Waals surface area contributed by atoms with Crippen LogP contribution in [0, 0.1) is 17.8 Å². The fourth-order valence-corrected chi connectivity index (χ4v) is 3.10. The van der Waals surface area contributed by atoms with Crippen LogP contribution in [-0.4, -0.2) is 11.6 Å². The van der Waals surface area contributed by atoms with Crippen molar-refractivity contribution in [2.45, 2.75) is 31.8 Å². The van der Waals surface area contributed by atoms with E-state index in [2.05, 4.69) is 13.2 Å². The molecule has 1 spiro atoms. The summed E-state index contributed by atoms with van der Waals surface area (Å²) in [5, 5.41) is 0. The highest BCUT2D eigenvalue weighted by Gasteiger charge is 2.56. The third-order valence-corrected chi connectivity index (χ3v) is 3.93. The molecule has 0 radical (unpaired) electrons. The predicted molar refractivity (Wildman–Crippen MR) is 59.2 cm³/mol. The van der Waals surface area contributed by atoms with Crippen molar-refractivity contribution in [1.82, 2.24) is 0 Å². The number of hydrogen-bond acceptors (Lipinski definition) is 2. The van der Waals surface area contributed by atoms with E-state index < -0.39 is 0 Å². The molecule has 0 aromatic heterocycles. The maximum atomic E-state index is 11.6. The molecule has 0 bridgehead atoms. The number of esters is 1. The first-order valence-corrected chi connectivity index (χ1v) is 5.62. The Morgan fingerprint density at radius 2 is 1.87 bits per heavy atom. The average molecular weight is 206 g/mol. The van der Waals surface area contributed by atoms with E-state index >= 15 is 0 Å². The van der Waals surface area contributed by atoms with E-state index in [0.29, 0.717) is 11.8 Å². The molecular weight excluding hydrogens is 188 g/mol. The molecule has 2 aliphatic rings. The van der Waals surface area contributed by atoms with Gasteiger partial charge in [-0.25, -0.2) is 0 Å². The van der Waals surface area contributed by atoms with Crippen LogP contribution >= 0.6 is 0 Å². The predicted octanol–water partition coefficient (Wildman–Crippen LogP) is 2.71.